The molecule has 2 aliphatic rings. The first kappa shape index (κ1) is 10.9. The second kappa shape index (κ2) is 4.24. The minimum absolute atomic E-state index is 0.453. The van der Waals surface area contributed by atoms with Crippen molar-refractivity contribution in [2.75, 3.05) is 26.7 Å². The van der Waals surface area contributed by atoms with E-state index in [2.05, 4.69) is 40.5 Å². The normalized spacial score (nSPS) is 23.6. The van der Waals surface area contributed by atoms with Gasteiger partial charge >= 0.3 is 0 Å². The Kier molecular flexibility index (Phi) is 2.73. The molecular formula is C13H16ClN3. The predicted octanol–water partition coefficient (Wildman–Crippen LogP) is 1.82. The van der Waals surface area contributed by atoms with Crippen LogP contribution in [-0.4, -0.2) is 42.6 Å². The van der Waals surface area contributed by atoms with Crippen molar-refractivity contribution in [1.82, 2.24) is 15.1 Å². The summed E-state index contributed by atoms with van der Waals surface area (Å²) in [6.07, 6.45) is 2.71. The molecule has 3 nitrogen and oxygen atoms in total. The Morgan fingerprint density at radius 3 is 2.76 bits per heavy atom. The lowest BCUT2D eigenvalue weighted by molar-refractivity contribution is 0.149. The van der Waals surface area contributed by atoms with Gasteiger partial charge in [-0.2, -0.15) is 0 Å². The number of halogens is 1. The number of likely N-dealkylation sites (N-methyl/N-ethyl adjacent to an activating group) is 1. The van der Waals surface area contributed by atoms with Crippen molar-refractivity contribution in [2.24, 2.45) is 0 Å². The Labute approximate surface area is 107 Å². The topological polar surface area (TPSA) is 18.5 Å². The molecule has 0 amide bonds. The van der Waals surface area contributed by atoms with E-state index in [1.54, 1.807) is 0 Å². The average Bonchev–Trinajstić information content (AvgIpc) is 2.69. The summed E-state index contributed by atoms with van der Waals surface area (Å²) >= 11 is 5.92. The van der Waals surface area contributed by atoms with E-state index in [-0.39, 0.29) is 0 Å². The summed E-state index contributed by atoms with van der Waals surface area (Å²) in [5, 5.41) is 4.22. The molecule has 1 unspecified atom stereocenters. The molecule has 0 bridgehead atoms. The maximum Gasteiger partial charge on any atom is 0.114 e. The quantitative estimate of drug-likeness (QED) is 0.819. The van der Waals surface area contributed by atoms with E-state index in [0.717, 1.165) is 24.7 Å². The Morgan fingerprint density at radius 2 is 2.06 bits per heavy atom. The molecule has 2 aliphatic heterocycles. The van der Waals surface area contributed by atoms with Gasteiger partial charge in [-0.25, -0.2) is 0 Å². The van der Waals surface area contributed by atoms with Gasteiger partial charge in [-0.05, 0) is 17.7 Å². The van der Waals surface area contributed by atoms with Gasteiger partial charge in [-0.15, -0.1) is 0 Å². The molecule has 0 spiro atoms. The molecule has 1 aromatic rings. The van der Waals surface area contributed by atoms with E-state index in [1.165, 1.54) is 11.3 Å². The number of piperazine rings is 1. The maximum atomic E-state index is 5.92. The minimum Gasteiger partial charge on any atom is -0.353 e. The number of fused-ring (bicyclic) bond motifs is 1. The fourth-order valence-electron chi connectivity index (χ4n) is 2.52. The van der Waals surface area contributed by atoms with Crippen LogP contribution in [0.25, 0.3) is 5.70 Å². The third-order valence-electron chi connectivity index (χ3n) is 3.51. The highest BCUT2D eigenvalue weighted by Crippen LogP contribution is 2.29. The first-order valence-corrected chi connectivity index (χ1v) is 6.30. The fourth-order valence-corrected chi connectivity index (χ4v) is 2.65. The standard InChI is InChI=1S/C13H16ClN3/c1-16-12(10-2-4-11(14)5-3-10)9-17-7-6-15-8-13(16)17/h2-5,9,13,15H,6-8H2,1H3. The number of nitrogens with one attached hydrogen (secondary N) is 1. The second-order valence-electron chi connectivity index (χ2n) is 4.55. The van der Waals surface area contributed by atoms with E-state index >= 15 is 0 Å². The summed E-state index contributed by atoms with van der Waals surface area (Å²) < 4.78 is 0. The van der Waals surface area contributed by atoms with Gasteiger partial charge < -0.3 is 15.1 Å². The van der Waals surface area contributed by atoms with Crippen LogP contribution >= 0.6 is 11.6 Å². The van der Waals surface area contributed by atoms with Gasteiger partial charge in [0.2, 0.25) is 0 Å². The van der Waals surface area contributed by atoms with Crippen LogP contribution in [0.15, 0.2) is 30.5 Å². The Balaban J connectivity index is 1.90. The van der Waals surface area contributed by atoms with Crippen molar-refractivity contribution in [3.63, 3.8) is 0 Å². The molecule has 90 valence electrons. The largest absolute Gasteiger partial charge is 0.353 e. The fraction of sp³-hybridized carbons (Fsp3) is 0.385. The van der Waals surface area contributed by atoms with Crippen molar-refractivity contribution in [1.29, 1.82) is 0 Å². The average molecular weight is 250 g/mol. The third kappa shape index (κ3) is 1.90. The zero-order chi connectivity index (χ0) is 11.8. The molecule has 4 heteroatoms. The number of hydrogen-bond acceptors (Lipinski definition) is 3. The molecule has 1 saturated heterocycles. The van der Waals surface area contributed by atoms with Gasteiger partial charge in [0.05, 0.1) is 5.70 Å². The summed E-state index contributed by atoms with van der Waals surface area (Å²) in [5.41, 5.74) is 2.50. The first-order valence-electron chi connectivity index (χ1n) is 5.93. The monoisotopic (exact) mass is 249 g/mol. The molecular weight excluding hydrogens is 234 g/mol. The molecule has 0 aromatic heterocycles. The zero-order valence-electron chi connectivity index (χ0n) is 9.86. The third-order valence-corrected chi connectivity index (χ3v) is 3.76. The predicted molar refractivity (Wildman–Crippen MR) is 70.6 cm³/mol. The smallest absolute Gasteiger partial charge is 0.114 e. The van der Waals surface area contributed by atoms with E-state index < -0.39 is 0 Å². The number of rotatable bonds is 1. The highest BCUT2D eigenvalue weighted by molar-refractivity contribution is 6.30. The summed E-state index contributed by atoms with van der Waals surface area (Å²) in [6, 6.07) is 8.05. The van der Waals surface area contributed by atoms with E-state index in [0.29, 0.717) is 6.17 Å². The zero-order valence-corrected chi connectivity index (χ0v) is 10.6. The van der Waals surface area contributed by atoms with Gasteiger partial charge in [-0.1, -0.05) is 23.7 Å². The number of nitrogens with zero attached hydrogens (tertiary/aromatic N) is 2. The van der Waals surface area contributed by atoms with Crippen LogP contribution in [0, 0.1) is 0 Å². The van der Waals surface area contributed by atoms with Crippen molar-refractivity contribution in [3.8, 4) is 0 Å². The molecule has 1 atom stereocenters. The van der Waals surface area contributed by atoms with Crippen molar-refractivity contribution in [3.05, 3.63) is 41.1 Å². The number of hydrogen-bond donors (Lipinski definition) is 1. The molecule has 1 fully saturated rings. The van der Waals surface area contributed by atoms with Crippen LogP contribution in [0.4, 0.5) is 0 Å². The highest BCUT2D eigenvalue weighted by Gasteiger charge is 2.31. The van der Waals surface area contributed by atoms with Crippen LogP contribution in [0.5, 0.6) is 0 Å². The van der Waals surface area contributed by atoms with Crippen LogP contribution in [0.1, 0.15) is 5.56 Å². The highest BCUT2D eigenvalue weighted by atomic mass is 35.5. The number of benzene rings is 1. The van der Waals surface area contributed by atoms with Crippen molar-refractivity contribution in [2.45, 2.75) is 6.17 Å². The molecule has 2 heterocycles. The second-order valence-corrected chi connectivity index (χ2v) is 4.99. The van der Waals surface area contributed by atoms with E-state index in [4.69, 9.17) is 11.6 Å². The maximum absolute atomic E-state index is 5.92. The summed E-state index contributed by atoms with van der Waals surface area (Å²) in [6.45, 7) is 3.16. The van der Waals surface area contributed by atoms with Crippen molar-refractivity contribution >= 4 is 17.3 Å². The lowest BCUT2D eigenvalue weighted by Crippen LogP contribution is -2.51. The van der Waals surface area contributed by atoms with Gasteiger partial charge in [0.25, 0.3) is 0 Å². The van der Waals surface area contributed by atoms with Crippen LogP contribution < -0.4 is 5.32 Å². The van der Waals surface area contributed by atoms with Crippen LogP contribution in [-0.2, 0) is 0 Å². The molecule has 1 aromatic carbocycles. The molecule has 0 saturated carbocycles. The molecule has 1 N–H and O–H groups in total. The molecule has 0 aliphatic carbocycles. The van der Waals surface area contributed by atoms with E-state index in [1.807, 2.05) is 12.1 Å². The van der Waals surface area contributed by atoms with Gasteiger partial charge in [0.15, 0.2) is 0 Å². The Hall–Kier alpha value is -1.19. The molecule has 3 rings (SSSR count). The Morgan fingerprint density at radius 1 is 1.29 bits per heavy atom. The van der Waals surface area contributed by atoms with Gasteiger partial charge in [0, 0.05) is 37.9 Å². The van der Waals surface area contributed by atoms with Gasteiger partial charge in [0.1, 0.15) is 6.17 Å². The van der Waals surface area contributed by atoms with Crippen LogP contribution in [0.3, 0.4) is 0 Å². The molecule has 17 heavy (non-hydrogen) atoms. The first-order chi connectivity index (χ1) is 8.25. The molecule has 0 radical (unpaired) electrons. The lowest BCUT2D eigenvalue weighted by Gasteiger charge is -2.35. The van der Waals surface area contributed by atoms with E-state index in [9.17, 15) is 0 Å². The van der Waals surface area contributed by atoms with Crippen molar-refractivity contribution < 1.29 is 0 Å². The summed E-state index contributed by atoms with van der Waals surface area (Å²) in [7, 11) is 2.15. The lowest BCUT2D eigenvalue weighted by atomic mass is 10.1. The van der Waals surface area contributed by atoms with Gasteiger partial charge in [-0.3, -0.25) is 0 Å². The summed E-state index contributed by atoms with van der Waals surface area (Å²) in [4.78, 5) is 4.73. The summed E-state index contributed by atoms with van der Waals surface area (Å²) in [5.74, 6) is 0. The minimum atomic E-state index is 0.453. The SMILES string of the molecule is CN1C(c2ccc(Cl)cc2)=CN2CCNCC21. The van der Waals surface area contributed by atoms with Crippen LogP contribution in [0.2, 0.25) is 5.02 Å². The Bertz CT molecular complexity index is 440.